The van der Waals surface area contributed by atoms with E-state index in [2.05, 4.69) is 9.47 Å². The largest absolute Gasteiger partial charge is 0.465 e. The van der Waals surface area contributed by atoms with Crippen LogP contribution in [0.2, 0.25) is 0 Å². The minimum atomic E-state index is -0.945. The molecule has 0 aromatic rings. The normalized spacial score (nSPS) is 23.8. The summed E-state index contributed by atoms with van der Waals surface area (Å²) in [5.74, 6) is -1.43. The SMILES string of the molecule is CC(=O)OC[C@H](O)[C@@H]1CCOC1=O. The van der Waals surface area contributed by atoms with E-state index in [-0.39, 0.29) is 6.61 Å². The Morgan fingerprint density at radius 1 is 1.85 bits per heavy atom. The maximum absolute atomic E-state index is 10.9. The maximum Gasteiger partial charge on any atom is 0.311 e. The molecule has 5 nitrogen and oxygen atoms in total. The Morgan fingerprint density at radius 3 is 3.00 bits per heavy atom. The molecule has 0 spiro atoms. The second kappa shape index (κ2) is 4.23. The van der Waals surface area contributed by atoms with Crippen molar-refractivity contribution in [3.05, 3.63) is 0 Å². The van der Waals surface area contributed by atoms with Crippen LogP contribution in [0.25, 0.3) is 0 Å². The molecule has 0 aliphatic carbocycles. The first-order chi connectivity index (χ1) is 6.11. The van der Waals surface area contributed by atoms with Crippen molar-refractivity contribution >= 4 is 11.9 Å². The molecule has 1 aliphatic heterocycles. The molecule has 0 bridgehead atoms. The number of carbonyl (C=O) groups is 2. The standard InChI is InChI=1S/C8H12O5/c1-5(9)13-4-7(10)6-2-3-12-8(6)11/h6-7,10H,2-4H2,1H3/t6-,7-/m0/s1. The van der Waals surface area contributed by atoms with Crippen molar-refractivity contribution in [2.75, 3.05) is 13.2 Å². The van der Waals surface area contributed by atoms with Crippen molar-refractivity contribution in [2.45, 2.75) is 19.4 Å². The number of esters is 2. The van der Waals surface area contributed by atoms with Crippen LogP contribution in [0, 0.1) is 5.92 Å². The number of rotatable bonds is 3. The topological polar surface area (TPSA) is 72.8 Å². The number of aliphatic hydroxyl groups excluding tert-OH is 1. The predicted octanol–water partition coefficient (Wildman–Crippen LogP) is -0.527. The first-order valence-corrected chi connectivity index (χ1v) is 4.09. The average molecular weight is 188 g/mol. The molecule has 13 heavy (non-hydrogen) atoms. The lowest BCUT2D eigenvalue weighted by Crippen LogP contribution is -2.29. The van der Waals surface area contributed by atoms with Crippen LogP contribution >= 0.6 is 0 Å². The van der Waals surface area contributed by atoms with Crippen LogP contribution in [0.4, 0.5) is 0 Å². The van der Waals surface area contributed by atoms with Gasteiger partial charge >= 0.3 is 11.9 Å². The molecule has 1 heterocycles. The van der Waals surface area contributed by atoms with Gasteiger partial charge in [0.15, 0.2) is 0 Å². The van der Waals surface area contributed by atoms with Gasteiger partial charge in [-0.15, -0.1) is 0 Å². The van der Waals surface area contributed by atoms with Gasteiger partial charge in [-0.3, -0.25) is 9.59 Å². The molecular weight excluding hydrogens is 176 g/mol. The van der Waals surface area contributed by atoms with Crippen molar-refractivity contribution in [2.24, 2.45) is 5.92 Å². The summed E-state index contributed by atoms with van der Waals surface area (Å²) in [6.07, 6.45) is -0.458. The number of ether oxygens (including phenoxy) is 2. The Bertz CT molecular complexity index is 213. The van der Waals surface area contributed by atoms with Crippen LogP contribution < -0.4 is 0 Å². The Kier molecular flexibility index (Phi) is 3.25. The molecule has 0 aromatic carbocycles. The molecule has 74 valence electrons. The molecule has 1 fully saturated rings. The van der Waals surface area contributed by atoms with Gasteiger partial charge in [0, 0.05) is 6.92 Å². The summed E-state index contributed by atoms with van der Waals surface area (Å²) in [7, 11) is 0. The molecule has 0 amide bonds. The molecule has 1 saturated heterocycles. The third-order valence-electron chi connectivity index (χ3n) is 1.90. The maximum atomic E-state index is 10.9. The van der Waals surface area contributed by atoms with E-state index in [0.29, 0.717) is 13.0 Å². The number of cyclic esters (lactones) is 1. The second-order valence-electron chi connectivity index (χ2n) is 2.93. The summed E-state index contributed by atoms with van der Waals surface area (Å²) in [5, 5.41) is 9.39. The molecule has 1 rings (SSSR count). The highest BCUT2D eigenvalue weighted by atomic mass is 16.5. The Balaban J connectivity index is 2.34. The van der Waals surface area contributed by atoms with Crippen LogP contribution in [-0.4, -0.2) is 36.4 Å². The second-order valence-corrected chi connectivity index (χ2v) is 2.93. The molecule has 0 aromatic heterocycles. The fourth-order valence-corrected chi connectivity index (χ4v) is 1.18. The van der Waals surface area contributed by atoms with Crippen molar-refractivity contribution < 1.29 is 24.2 Å². The zero-order valence-corrected chi connectivity index (χ0v) is 7.36. The minimum Gasteiger partial charge on any atom is -0.465 e. The van der Waals surface area contributed by atoms with E-state index in [9.17, 15) is 14.7 Å². The first kappa shape index (κ1) is 9.98. The molecule has 0 radical (unpaired) electrons. The van der Waals surface area contributed by atoms with Gasteiger partial charge in [-0.05, 0) is 6.42 Å². The van der Waals surface area contributed by atoms with Crippen molar-refractivity contribution in [3.8, 4) is 0 Å². The van der Waals surface area contributed by atoms with Crippen molar-refractivity contribution in [3.63, 3.8) is 0 Å². The van der Waals surface area contributed by atoms with E-state index in [1.807, 2.05) is 0 Å². The fourth-order valence-electron chi connectivity index (χ4n) is 1.18. The minimum absolute atomic E-state index is 0.144. The molecule has 1 N–H and O–H groups in total. The summed E-state index contributed by atoms with van der Waals surface area (Å²) in [5.41, 5.74) is 0. The van der Waals surface area contributed by atoms with Crippen LogP contribution in [0.5, 0.6) is 0 Å². The van der Waals surface area contributed by atoms with Gasteiger partial charge in [-0.1, -0.05) is 0 Å². The van der Waals surface area contributed by atoms with E-state index < -0.39 is 24.0 Å². The highest BCUT2D eigenvalue weighted by Gasteiger charge is 2.33. The lowest BCUT2D eigenvalue weighted by molar-refractivity contribution is -0.151. The Morgan fingerprint density at radius 2 is 2.54 bits per heavy atom. The predicted molar refractivity (Wildman–Crippen MR) is 41.7 cm³/mol. The van der Waals surface area contributed by atoms with Crippen LogP contribution in [0.1, 0.15) is 13.3 Å². The van der Waals surface area contributed by atoms with Gasteiger partial charge in [-0.25, -0.2) is 0 Å². The molecular formula is C8H12O5. The van der Waals surface area contributed by atoms with Crippen molar-refractivity contribution in [1.82, 2.24) is 0 Å². The van der Waals surface area contributed by atoms with E-state index >= 15 is 0 Å². The Labute approximate surface area is 75.6 Å². The average Bonchev–Trinajstić information content (AvgIpc) is 2.47. The van der Waals surface area contributed by atoms with E-state index in [4.69, 9.17) is 0 Å². The van der Waals surface area contributed by atoms with E-state index in [1.54, 1.807) is 0 Å². The first-order valence-electron chi connectivity index (χ1n) is 4.09. The van der Waals surface area contributed by atoms with Gasteiger partial charge < -0.3 is 14.6 Å². The van der Waals surface area contributed by atoms with Gasteiger partial charge in [0.1, 0.15) is 12.7 Å². The number of carbonyl (C=O) groups excluding carboxylic acids is 2. The summed E-state index contributed by atoms with van der Waals surface area (Å²) in [6.45, 7) is 1.44. The summed E-state index contributed by atoms with van der Waals surface area (Å²) < 4.78 is 9.22. The summed E-state index contributed by atoms with van der Waals surface area (Å²) in [4.78, 5) is 21.3. The molecule has 2 atom stereocenters. The zero-order valence-electron chi connectivity index (χ0n) is 7.36. The van der Waals surface area contributed by atoms with Gasteiger partial charge in [-0.2, -0.15) is 0 Å². The Hall–Kier alpha value is -1.10. The molecule has 0 unspecified atom stereocenters. The fraction of sp³-hybridized carbons (Fsp3) is 0.750. The quantitative estimate of drug-likeness (QED) is 0.603. The zero-order chi connectivity index (χ0) is 9.84. The van der Waals surface area contributed by atoms with Crippen LogP contribution in [0.3, 0.4) is 0 Å². The number of hydrogen-bond acceptors (Lipinski definition) is 5. The monoisotopic (exact) mass is 188 g/mol. The van der Waals surface area contributed by atoms with Crippen LogP contribution in [-0.2, 0) is 19.1 Å². The van der Waals surface area contributed by atoms with Crippen LogP contribution in [0.15, 0.2) is 0 Å². The van der Waals surface area contributed by atoms with E-state index in [0.717, 1.165) is 0 Å². The van der Waals surface area contributed by atoms with E-state index in [1.165, 1.54) is 6.92 Å². The third-order valence-corrected chi connectivity index (χ3v) is 1.90. The lowest BCUT2D eigenvalue weighted by Gasteiger charge is -2.13. The smallest absolute Gasteiger partial charge is 0.311 e. The third kappa shape index (κ3) is 2.69. The summed E-state index contributed by atoms with van der Waals surface area (Å²) >= 11 is 0. The van der Waals surface area contributed by atoms with Crippen molar-refractivity contribution in [1.29, 1.82) is 0 Å². The summed E-state index contributed by atoms with van der Waals surface area (Å²) in [6, 6.07) is 0. The molecule has 0 saturated carbocycles. The van der Waals surface area contributed by atoms with Gasteiger partial charge in [0.2, 0.25) is 0 Å². The highest BCUT2D eigenvalue weighted by Crippen LogP contribution is 2.18. The van der Waals surface area contributed by atoms with Gasteiger partial charge in [0.25, 0.3) is 0 Å². The van der Waals surface area contributed by atoms with Gasteiger partial charge in [0.05, 0.1) is 12.5 Å². The number of aliphatic hydroxyl groups is 1. The molecule has 1 aliphatic rings. The molecule has 5 heteroatoms. The number of hydrogen-bond donors (Lipinski definition) is 1. The lowest BCUT2D eigenvalue weighted by atomic mass is 10.0. The highest BCUT2D eigenvalue weighted by molar-refractivity contribution is 5.74.